The fourth-order valence-electron chi connectivity index (χ4n) is 4.81. The van der Waals surface area contributed by atoms with Crippen molar-refractivity contribution in [1.82, 2.24) is 10.2 Å². The van der Waals surface area contributed by atoms with Gasteiger partial charge >= 0.3 is 0 Å². The molecular formula is C31H35FN2O3. The lowest BCUT2D eigenvalue weighted by atomic mass is 10.0. The molecular weight excluding hydrogens is 467 g/mol. The summed E-state index contributed by atoms with van der Waals surface area (Å²) in [4.78, 5) is 28.8. The highest BCUT2D eigenvalue weighted by Gasteiger charge is 2.32. The summed E-state index contributed by atoms with van der Waals surface area (Å²) >= 11 is 0. The number of carbonyl (C=O) groups excluding carboxylic acids is 2. The van der Waals surface area contributed by atoms with Crippen LogP contribution in [-0.2, 0) is 22.6 Å². The predicted molar refractivity (Wildman–Crippen MR) is 142 cm³/mol. The molecule has 1 saturated carbocycles. The van der Waals surface area contributed by atoms with Gasteiger partial charge in [0, 0.05) is 31.0 Å². The molecule has 6 heteroatoms. The Morgan fingerprint density at radius 2 is 1.57 bits per heavy atom. The zero-order valence-electron chi connectivity index (χ0n) is 21.2. The Kier molecular flexibility index (Phi) is 9.69. The molecule has 5 nitrogen and oxygen atoms in total. The zero-order chi connectivity index (χ0) is 25.9. The first-order chi connectivity index (χ1) is 18.1. The molecule has 0 aromatic heterocycles. The molecule has 1 fully saturated rings. The zero-order valence-corrected chi connectivity index (χ0v) is 21.2. The fourth-order valence-corrected chi connectivity index (χ4v) is 4.81. The minimum Gasteiger partial charge on any atom is -0.494 e. The maximum Gasteiger partial charge on any atom is 0.243 e. The van der Waals surface area contributed by atoms with Crippen LogP contribution in [0.3, 0.4) is 0 Å². The van der Waals surface area contributed by atoms with Crippen molar-refractivity contribution >= 4 is 11.8 Å². The molecule has 0 spiro atoms. The van der Waals surface area contributed by atoms with Gasteiger partial charge in [0.15, 0.2) is 0 Å². The molecule has 0 saturated heterocycles. The molecule has 0 heterocycles. The van der Waals surface area contributed by atoms with E-state index in [1.165, 1.54) is 6.07 Å². The van der Waals surface area contributed by atoms with Crippen molar-refractivity contribution in [2.24, 2.45) is 0 Å². The van der Waals surface area contributed by atoms with Crippen LogP contribution in [0.5, 0.6) is 5.75 Å². The second-order valence-electron chi connectivity index (χ2n) is 9.57. The average molecular weight is 503 g/mol. The largest absolute Gasteiger partial charge is 0.494 e. The normalized spacial score (nSPS) is 14.2. The Labute approximate surface area is 218 Å². The standard InChI is InChI=1S/C31H35FN2O3/c32-28-19-10-7-14-25(28)23-34(30(35)20-11-21-37-27-17-5-2-6-18-27)29(22-24-12-3-1-4-13-24)31(36)33-26-15-8-9-16-26/h1-7,10,12-14,17-19,26,29H,8-9,11,15-16,20-23H2,(H,33,36). The molecule has 0 radical (unpaired) electrons. The number of rotatable bonds is 12. The molecule has 0 bridgehead atoms. The number of nitrogens with zero attached hydrogens (tertiary/aromatic N) is 1. The first-order valence-corrected chi connectivity index (χ1v) is 13.1. The van der Waals surface area contributed by atoms with Gasteiger partial charge in [-0.15, -0.1) is 0 Å². The van der Waals surface area contributed by atoms with Crippen LogP contribution in [0.1, 0.15) is 49.7 Å². The third-order valence-electron chi connectivity index (χ3n) is 6.82. The molecule has 3 aromatic carbocycles. The summed E-state index contributed by atoms with van der Waals surface area (Å²) < 4.78 is 20.4. The maximum atomic E-state index is 14.7. The van der Waals surface area contributed by atoms with Gasteiger partial charge in [-0.2, -0.15) is 0 Å². The summed E-state index contributed by atoms with van der Waals surface area (Å²) in [6.07, 6.45) is 5.12. The van der Waals surface area contributed by atoms with Gasteiger partial charge in [0.2, 0.25) is 11.8 Å². The van der Waals surface area contributed by atoms with Gasteiger partial charge in [-0.3, -0.25) is 9.59 Å². The fraction of sp³-hybridized carbons (Fsp3) is 0.355. The van der Waals surface area contributed by atoms with E-state index in [0.29, 0.717) is 25.0 Å². The van der Waals surface area contributed by atoms with Crippen LogP contribution in [0.15, 0.2) is 84.9 Å². The highest BCUT2D eigenvalue weighted by molar-refractivity contribution is 5.88. The van der Waals surface area contributed by atoms with Gasteiger partial charge in [-0.1, -0.05) is 79.6 Å². The highest BCUT2D eigenvalue weighted by Crippen LogP contribution is 2.21. The van der Waals surface area contributed by atoms with Crippen LogP contribution in [0.2, 0.25) is 0 Å². The molecule has 37 heavy (non-hydrogen) atoms. The Balaban J connectivity index is 1.53. The number of halogens is 1. The van der Waals surface area contributed by atoms with Crippen molar-refractivity contribution < 1.29 is 18.7 Å². The van der Waals surface area contributed by atoms with E-state index in [9.17, 15) is 14.0 Å². The van der Waals surface area contributed by atoms with Crippen molar-refractivity contribution in [2.45, 2.75) is 63.6 Å². The Morgan fingerprint density at radius 3 is 2.27 bits per heavy atom. The van der Waals surface area contributed by atoms with Crippen molar-refractivity contribution in [3.63, 3.8) is 0 Å². The summed E-state index contributed by atoms with van der Waals surface area (Å²) in [6, 6.07) is 24.9. The lowest BCUT2D eigenvalue weighted by Crippen LogP contribution is -2.52. The lowest BCUT2D eigenvalue weighted by Gasteiger charge is -2.32. The topological polar surface area (TPSA) is 58.6 Å². The van der Waals surface area contributed by atoms with E-state index in [1.54, 1.807) is 23.1 Å². The van der Waals surface area contributed by atoms with Crippen LogP contribution in [0.4, 0.5) is 4.39 Å². The van der Waals surface area contributed by atoms with Crippen molar-refractivity contribution in [2.75, 3.05) is 6.61 Å². The number of hydrogen-bond acceptors (Lipinski definition) is 3. The smallest absolute Gasteiger partial charge is 0.243 e. The van der Waals surface area contributed by atoms with E-state index in [0.717, 1.165) is 37.0 Å². The Hall–Kier alpha value is -3.67. The lowest BCUT2D eigenvalue weighted by molar-refractivity contribution is -0.141. The van der Waals surface area contributed by atoms with Crippen molar-refractivity contribution in [3.05, 3.63) is 102 Å². The number of nitrogens with one attached hydrogen (secondary N) is 1. The second-order valence-corrected chi connectivity index (χ2v) is 9.57. The first kappa shape index (κ1) is 26.4. The summed E-state index contributed by atoms with van der Waals surface area (Å²) in [5, 5.41) is 3.17. The molecule has 1 unspecified atom stereocenters. The van der Waals surface area contributed by atoms with Crippen molar-refractivity contribution in [1.29, 1.82) is 0 Å². The van der Waals surface area contributed by atoms with Crippen LogP contribution in [0.25, 0.3) is 0 Å². The number of para-hydroxylation sites is 1. The van der Waals surface area contributed by atoms with E-state index in [-0.39, 0.29) is 36.6 Å². The van der Waals surface area contributed by atoms with E-state index < -0.39 is 6.04 Å². The molecule has 1 aliphatic rings. The van der Waals surface area contributed by atoms with Crippen molar-refractivity contribution in [3.8, 4) is 5.75 Å². The summed E-state index contributed by atoms with van der Waals surface area (Å²) in [5.74, 6) is -0.0122. The van der Waals surface area contributed by atoms with Crippen LogP contribution in [-0.4, -0.2) is 35.4 Å². The van der Waals surface area contributed by atoms with E-state index in [1.807, 2.05) is 60.7 Å². The molecule has 1 N–H and O–H groups in total. The van der Waals surface area contributed by atoms with Gasteiger partial charge in [0.1, 0.15) is 17.6 Å². The maximum absolute atomic E-state index is 14.7. The quantitative estimate of drug-likeness (QED) is 0.324. The average Bonchev–Trinajstić information content (AvgIpc) is 3.43. The van der Waals surface area contributed by atoms with E-state index >= 15 is 0 Å². The number of carbonyl (C=O) groups is 2. The van der Waals surface area contributed by atoms with Crippen LogP contribution in [0, 0.1) is 5.82 Å². The molecule has 3 aromatic rings. The molecule has 1 atom stereocenters. The minimum absolute atomic E-state index is 0.0284. The molecule has 194 valence electrons. The molecule has 1 aliphatic carbocycles. The van der Waals surface area contributed by atoms with E-state index in [2.05, 4.69) is 5.32 Å². The Bertz CT molecular complexity index is 1130. The van der Waals surface area contributed by atoms with Crippen LogP contribution < -0.4 is 10.1 Å². The SMILES string of the molecule is O=C(NC1CCCC1)C(Cc1ccccc1)N(Cc1ccccc1F)C(=O)CCCOc1ccccc1. The Morgan fingerprint density at radius 1 is 0.919 bits per heavy atom. The second kappa shape index (κ2) is 13.6. The van der Waals surface area contributed by atoms with E-state index in [4.69, 9.17) is 4.74 Å². The van der Waals surface area contributed by atoms with Gasteiger partial charge in [-0.05, 0) is 43.0 Å². The van der Waals surface area contributed by atoms with Crippen LogP contribution >= 0.6 is 0 Å². The molecule has 2 amide bonds. The first-order valence-electron chi connectivity index (χ1n) is 13.1. The van der Waals surface area contributed by atoms with Gasteiger partial charge in [0.05, 0.1) is 6.61 Å². The highest BCUT2D eigenvalue weighted by atomic mass is 19.1. The number of benzene rings is 3. The van der Waals surface area contributed by atoms with Gasteiger partial charge < -0.3 is 15.0 Å². The summed E-state index contributed by atoms with van der Waals surface area (Å²) in [6.45, 7) is 0.404. The third-order valence-corrected chi connectivity index (χ3v) is 6.82. The number of amides is 2. The third kappa shape index (κ3) is 7.91. The predicted octanol–water partition coefficient (Wildman–Crippen LogP) is 5.68. The molecule has 4 rings (SSSR count). The van der Waals surface area contributed by atoms with Gasteiger partial charge in [-0.25, -0.2) is 4.39 Å². The summed E-state index contributed by atoms with van der Waals surface area (Å²) in [7, 11) is 0. The van der Waals surface area contributed by atoms with Gasteiger partial charge in [0.25, 0.3) is 0 Å². The number of hydrogen-bond donors (Lipinski definition) is 1. The monoisotopic (exact) mass is 502 g/mol. The minimum atomic E-state index is -0.745. The molecule has 0 aliphatic heterocycles. The summed E-state index contributed by atoms with van der Waals surface area (Å²) in [5.41, 5.74) is 1.34. The number of ether oxygens (including phenoxy) is 1.